The highest BCUT2D eigenvalue weighted by Gasteiger charge is 2.09. The van der Waals surface area contributed by atoms with E-state index in [0.29, 0.717) is 28.2 Å². The average molecular weight is 301 g/mol. The van der Waals surface area contributed by atoms with Crippen molar-refractivity contribution in [3.05, 3.63) is 28.3 Å². The number of nitrogens with zero attached hydrogens (tertiary/aromatic N) is 4. The van der Waals surface area contributed by atoms with Crippen LogP contribution < -0.4 is 10.6 Å². The van der Waals surface area contributed by atoms with Gasteiger partial charge in [0.15, 0.2) is 5.82 Å². The molecule has 8 heteroatoms. The zero-order chi connectivity index (χ0) is 13.8. The molecular weight excluding hydrogens is 287 g/mol. The highest BCUT2D eigenvalue weighted by molar-refractivity contribution is 6.37. The normalized spacial score (nSPS) is 10.5. The molecule has 0 spiro atoms. The van der Waals surface area contributed by atoms with Gasteiger partial charge in [0.2, 0.25) is 0 Å². The quantitative estimate of drug-likeness (QED) is 0.888. The third-order valence-corrected chi connectivity index (χ3v) is 3.19. The van der Waals surface area contributed by atoms with E-state index >= 15 is 0 Å². The summed E-state index contributed by atoms with van der Waals surface area (Å²) < 4.78 is 1.94. The minimum atomic E-state index is 0.464. The van der Waals surface area contributed by atoms with E-state index in [1.165, 1.54) is 0 Å². The maximum Gasteiger partial charge on any atom is 0.152 e. The van der Waals surface area contributed by atoms with Crippen molar-refractivity contribution >= 4 is 34.8 Å². The van der Waals surface area contributed by atoms with Crippen molar-refractivity contribution in [3.63, 3.8) is 0 Å². The highest BCUT2D eigenvalue weighted by Crippen LogP contribution is 2.29. The van der Waals surface area contributed by atoms with Gasteiger partial charge in [0.1, 0.15) is 18.0 Å². The van der Waals surface area contributed by atoms with Crippen LogP contribution >= 0.6 is 23.2 Å². The van der Waals surface area contributed by atoms with Crippen LogP contribution in [0.3, 0.4) is 0 Å². The molecule has 0 aromatic carbocycles. The summed E-state index contributed by atoms with van der Waals surface area (Å²) in [6.45, 7) is 3.33. The molecule has 19 heavy (non-hydrogen) atoms. The van der Waals surface area contributed by atoms with Crippen LogP contribution in [0.5, 0.6) is 0 Å². The molecule has 0 saturated heterocycles. The minimum Gasteiger partial charge on any atom is -0.372 e. The lowest BCUT2D eigenvalue weighted by Gasteiger charge is -2.10. The topological polar surface area (TPSA) is 67.7 Å². The second-order valence-electron chi connectivity index (χ2n) is 3.79. The van der Waals surface area contributed by atoms with Crippen LogP contribution in [0.4, 0.5) is 11.6 Å². The van der Waals surface area contributed by atoms with Gasteiger partial charge in [-0.2, -0.15) is 0 Å². The second kappa shape index (κ2) is 6.08. The Hall–Kier alpha value is -1.53. The Morgan fingerprint density at radius 2 is 2.00 bits per heavy atom. The van der Waals surface area contributed by atoms with Crippen molar-refractivity contribution in [2.75, 3.05) is 17.7 Å². The Labute approximate surface area is 121 Å². The van der Waals surface area contributed by atoms with E-state index in [-0.39, 0.29) is 0 Å². The summed E-state index contributed by atoms with van der Waals surface area (Å²) in [4.78, 5) is 4.30. The number of pyridine rings is 1. The molecule has 0 fully saturated rings. The van der Waals surface area contributed by atoms with Gasteiger partial charge in [-0.25, -0.2) is 4.98 Å². The van der Waals surface area contributed by atoms with Gasteiger partial charge < -0.3 is 15.2 Å². The Bertz CT molecular complexity index is 568. The molecule has 0 aliphatic carbocycles. The zero-order valence-corrected chi connectivity index (χ0v) is 12.1. The van der Waals surface area contributed by atoms with E-state index < -0.39 is 0 Å². The monoisotopic (exact) mass is 300 g/mol. The molecule has 0 aliphatic rings. The number of aromatic nitrogens is 4. The van der Waals surface area contributed by atoms with Gasteiger partial charge in [-0.15, -0.1) is 10.2 Å². The first-order chi connectivity index (χ1) is 9.15. The van der Waals surface area contributed by atoms with Crippen LogP contribution in [0.25, 0.3) is 0 Å². The highest BCUT2D eigenvalue weighted by atomic mass is 35.5. The molecule has 0 saturated carbocycles. The van der Waals surface area contributed by atoms with Crippen molar-refractivity contribution in [1.82, 2.24) is 19.7 Å². The lowest BCUT2D eigenvalue weighted by Crippen LogP contribution is -2.09. The molecule has 0 atom stereocenters. The number of halogens is 2. The molecule has 2 rings (SSSR count). The maximum absolute atomic E-state index is 6.09. The molecule has 0 unspecified atom stereocenters. The van der Waals surface area contributed by atoms with E-state index in [9.17, 15) is 0 Å². The van der Waals surface area contributed by atoms with Crippen LogP contribution in [0.2, 0.25) is 10.0 Å². The summed E-state index contributed by atoms with van der Waals surface area (Å²) in [6.07, 6.45) is 1.69. The molecule has 2 N–H and O–H groups in total. The number of hydrogen-bond donors (Lipinski definition) is 2. The van der Waals surface area contributed by atoms with Crippen molar-refractivity contribution in [2.45, 2.75) is 20.0 Å². The minimum absolute atomic E-state index is 0.464. The molecule has 2 aromatic heterocycles. The maximum atomic E-state index is 6.09. The summed E-state index contributed by atoms with van der Waals surface area (Å²) in [5.74, 6) is 1.95. The predicted molar refractivity (Wildman–Crippen MR) is 76.8 cm³/mol. The van der Waals surface area contributed by atoms with Crippen molar-refractivity contribution in [1.29, 1.82) is 0 Å². The molecular formula is C11H14Cl2N6. The molecule has 0 amide bonds. The Kier molecular flexibility index (Phi) is 4.44. The summed E-state index contributed by atoms with van der Waals surface area (Å²) in [6, 6.07) is 1.65. The van der Waals surface area contributed by atoms with Crippen LogP contribution in [0, 0.1) is 0 Å². The fraction of sp³-hybridized carbons (Fsp3) is 0.364. The van der Waals surface area contributed by atoms with Crippen molar-refractivity contribution in [2.24, 2.45) is 0 Å². The standard InChI is InChI=1S/C11H14Cl2N6/c1-3-19-6-16-18-9(19)5-15-11-8(13)4-7(12)10(14-2)17-11/h4,6H,3,5H2,1-2H3,(H2,14,15,17). The molecule has 2 aromatic rings. The Morgan fingerprint density at radius 3 is 2.68 bits per heavy atom. The summed E-state index contributed by atoms with van der Waals surface area (Å²) in [5, 5.41) is 14.9. The number of hydrogen-bond acceptors (Lipinski definition) is 5. The third kappa shape index (κ3) is 3.08. The smallest absolute Gasteiger partial charge is 0.152 e. The van der Waals surface area contributed by atoms with Crippen molar-refractivity contribution < 1.29 is 0 Å². The van der Waals surface area contributed by atoms with Crippen LogP contribution in [0.1, 0.15) is 12.7 Å². The van der Waals surface area contributed by atoms with Gasteiger partial charge in [-0.1, -0.05) is 23.2 Å². The van der Waals surface area contributed by atoms with E-state index in [1.54, 1.807) is 19.4 Å². The van der Waals surface area contributed by atoms with E-state index in [2.05, 4.69) is 25.8 Å². The lowest BCUT2D eigenvalue weighted by molar-refractivity contribution is 0.707. The van der Waals surface area contributed by atoms with Gasteiger partial charge in [-0.05, 0) is 13.0 Å². The first kappa shape index (κ1) is 13.9. The number of rotatable bonds is 5. The molecule has 6 nitrogen and oxygen atoms in total. The van der Waals surface area contributed by atoms with Crippen LogP contribution in [-0.2, 0) is 13.1 Å². The number of anilines is 2. The van der Waals surface area contributed by atoms with Crippen LogP contribution in [0.15, 0.2) is 12.4 Å². The van der Waals surface area contributed by atoms with Crippen LogP contribution in [-0.4, -0.2) is 26.8 Å². The molecule has 0 radical (unpaired) electrons. The number of nitrogens with one attached hydrogen (secondary N) is 2. The fourth-order valence-electron chi connectivity index (χ4n) is 1.61. The predicted octanol–water partition coefficient (Wildman–Crippen LogP) is 2.65. The van der Waals surface area contributed by atoms with Gasteiger partial charge >= 0.3 is 0 Å². The summed E-state index contributed by atoms with van der Waals surface area (Å²) in [5.41, 5.74) is 0. The SMILES string of the molecule is CCn1cnnc1CNc1nc(NC)c(Cl)cc1Cl. The summed E-state index contributed by atoms with van der Waals surface area (Å²) >= 11 is 12.1. The first-order valence-corrected chi connectivity index (χ1v) is 6.55. The molecule has 2 heterocycles. The molecule has 0 bridgehead atoms. The van der Waals surface area contributed by atoms with Crippen molar-refractivity contribution in [3.8, 4) is 0 Å². The van der Waals surface area contributed by atoms with E-state index in [4.69, 9.17) is 23.2 Å². The Morgan fingerprint density at radius 1 is 1.26 bits per heavy atom. The van der Waals surface area contributed by atoms with E-state index in [0.717, 1.165) is 12.4 Å². The summed E-state index contributed by atoms with van der Waals surface area (Å²) in [7, 11) is 1.75. The Balaban J connectivity index is 2.15. The first-order valence-electron chi connectivity index (χ1n) is 5.80. The largest absolute Gasteiger partial charge is 0.372 e. The van der Waals surface area contributed by atoms with Gasteiger partial charge in [0.25, 0.3) is 0 Å². The number of aryl methyl sites for hydroxylation is 1. The average Bonchev–Trinajstić information content (AvgIpc) is 2.85. The van der Waals surface area contributed by atoms with Gasteiger partial charge in [-0.3, -0.25) is 0 Å². The fourth-order valence-corrected chi connectivity index (χ4v) is 2.13. The molecule has 102 valence electrons. The van der Waals surface area contributed by atoms with Gasteiger partial charge in [0.05, 0.1) is 16.6 Å². The lowest BCUT2D eigenvalue weighted by atomic mass is 10.4. The molecule has 0 aliphatic heterocycles. The van der Waals surface area contributed by atoms with E-state index in [1.807, 2.05) is 11.5 Å². The second-order valence-corrected chi connectivity index (χ2v) is 4.60. The van der Waals surface area contributed by atoms with Gasteiger partial charge in [0, 0.05) is 13.6 Å². The third-order valence-electron chi connectivity index (χ3n) is 2.62. The zero-order valence-electron chi connectivity index (χ0n) is 10.6.